The summed E-state index contributed by atoms with van der Waals surface area (Å²) in [5.74, 6) is -0.346. The molecule has 0 aliphatic heterocycles. The lowest BCUT2D eigenvalue weighted by molar-refractivity contribution is -0.384. The lowest BCUT2D eigenvalue weighted by atomic mass is 10.2. The summed E-state index contributed by atoms with van der Waals surface area (Å²) in [7, 11) is 1.41. The van der Waals surface area contributed by atoms with Crippen LogP contribution in [0.25, 0.3) is 6.08 Å². The van der Waals surface area contributed by atoms with E-state index in [1.165, 1.54) is 25.3 Å². The number of halogens is 1. The number of hydrogen-bond acceptors (Lipinski definition) is 6. The number of nitrogens with zero attached hydrogens (tertiary/aromatic N) is 2. The number of nitro groups is 1. The second-order valence-corrected chi connectivity index (χ2v) is 5.09. The van der Waals surface area contributed by atoms with E-state index < -0.39 is 10.9 Å². The van der Waals surface area contributed by atoms with Gasteiger partial charge in [-0.05, 0) is 29.8 Å². The Balaban J connectivity index is 2.27. The minimum Gasteiger partial charge on any atom is -0.493 e. The van der Waals surface area contributed by atoms with Crippen LogP contribution in [0.4, 0.5) is 5.69 Å². The molecule has 0 aliphatic rings. The molecule has 0 fully saturated rings. The number of hydrogen-bond donors (Lipinski definition) is 0. The highest BCUT2D eigenvalue weighted by Gasteiger charge is 2.18. The lowest BCUT2D eigenvalue weighted by Crippen LogP contribution is -2.10. The van der Waals surface area contributed by atoms with Crippen LogP contribution in [-0.4, -0.2) is 18.0 Å². The Labute approximate surface area is 147 Å². The minimum atomic E-state index is -0.779. The molecule has 2 rings (SSSR count). The van der Waals surface area contributed by atoms with Gasteiger partial charge in [0.1, 0.15) is 0 Å². The van der Waals surface area contributed by atoms with E-state index in [1.54, 1.807) is 18.2 Å². The van der Waals surface area contributed by atoms with Gasteiger partial charge < -0.3 is 9.47 Å². The number of carbonyl (C=O) groups is 1. The standard InChI is InChI=1S/C17H11ClN2O5/c1-24-16-9-11(3-2-8-19)4-7-15(16)25-17(21)13-6-5-12(20(22)23)10-14(13)18/h2-7,9-10H,1H3/b3-2-. The molecule has 7 nitrogen and oxygen atoms in total. The topological polar surface area (TPSA) is 102 Å². The number of ether oxygens (including phenoxy) is 2. The molecule has 0 amide bonds. The van der Waals surface area contributed by atoms with Gasteiger partial charge in [0, 0.05) is 18.2 Å². The maximum absolute atomic E-state index is 12.3. The highest BCUT2D eigenvalue weighted by molar-refractivity contribution is 6.33. The van der Waals surface area contributed by atoms with Crippen LogP contribution >= 0.6 is 11.6 Å². The summed E-state index contributed by atoms with van der Waals surface area (Å²) >= 11 is 5.91. The van der Waals surface area contributed by atoms with Crippen LogP contribution < -0.4 is 9.47 Å². The highest BCUT2D eigenvalue weighted by Crippen LogP contribution is 2.30. The van der Waals surface area contributed by atoms with Gasteiger partial charge in [-0.1, -0.05) is 17.7 Å². The number of non-ortho nitro benzene ring substituents is 1. The molecule has 0 saturated heterocycles. The maximum atomic E-state index is 12.3. The second-order valence-electron chi connectivity index (χ2n) is 4.68. The van der Waals surface area contributed by atoms with Crippen LogP contribution in [0, 0.1) is 21.4 Å². The molecule has 0 spiro atoms. The monoisotopic (exact) mass is 358 g/mol. The van der Waals surface area contributed by atoms with Gasteiger partial charge >= 0.3 is 5.97 Å². The number of esters is 1. The van der Waals surface area contributed by atoms with Gasteiger partial charge in [-0.25, -0.2) is 4.79 Å². The number of benzene rings is 2. The molecule has 0 saturated carbocycles. The van der Waals surface area contributed by atoms with Gasteiger partial charge in [-0.3, -0.25) is 10.1 Å². The average Bonchev–Trinajstić information content (AvgIpc) is 2.60. The number of methoxy groups -OCH3 is 1. The summed E-state index contributed by atoms with van der Waals surface area (Å²) in [5, 5.41) is 19.2. The molecule has 0 bridgehead atoms. The van der Waals surface area contributed by atoms with Gasteiger partial charge in [-0.15, -0.1) is 0 Å². The molecule has 0 heterocycles. The van der Waals surface area contributed by atoms with Gasteiger partial charge in [0.2, 0.25) is 0 Å². The predicted molar refractivity (Wildman–Crippen MR) is 90.7 cm³/mol. The number of rotatable bonds is 5. The fourth-order valence-corrected chi connectivity index (χ4v) is 2.20. The molecule has 0 unspecified atom stereocenters. The predicted octanol–water partition coefficient (Wildman–Crippen LogP) is 4.01. The molecule has 2 aromatic rings. The molecule has 0 atom stereocenters. The summed E-state index contributed by atoms with van der Waals surface area (Å²) < 4.78 is 10.4. The Hall–Kier alpha value is -3.37. The number of nitriles is 1. The van der Waals surface area contributed by atoms with E-state index in [9.17, 15) is 14.9 Å². The van der Waals surface area contributed by atoms with Crippen molar-refractivity contribution in [3.63, 3.8) is 0 Å². The van der Waals surface area contributed by atoms with Crippen molar-refractivity contribution in [1.29, 1.82) is 5.26 Å². The van der Waals surface area contributed by atoms with Crippen LogP contribution in [-0.2, 0) is 0 Å². The number of allylic oxidation sites excluding steroid dienone is 1. The summed E-state index contributed by atoms with van der Waals surface area (Å²) in [6.45, 7) is 0. The molecule has 25 heavy (non-hydrogen) atoms. The van der Waals surface area contributed by atoms with Gasteiger partial charge in [0.25, 0.3) is 5.69 Å². The minimum absolute atomic E-state index is 0.0113. The quantitative estimate of drug-likeness (QED) is 0.263. The van der Waals surface area contributed by atoms with Crippen molar-refractivity contribution in [2.24, 2.45) is 0 Å². The third-order valence-corrected chi connectivity index (χ3v) is 3.44. The van der Waals surface area contributed by atoms with Crippen molar-refractivity contribution in [3.8, 4) is 17.6 Å². The Morgan fingerprint density at radius 2 is 2.04 bits per heavy atom. The lowest BCUT2D eigenvalue weighted by Gasteiger charge is -2.10. The van der Waals surface area contributed by atoms with E-state index in [2.05, 4.69) is 0 Å². The van der Waals surface area contributed by atoms with Crippen molar-refractivity contribution in [3.05, 3.63) is 68.7 Å². The SMILES string of the molecule is COc1cc(/C=C\C#N)ccc1OC(=O)c1ccc([N+](=O)[O-])cc1Cl. The van der Waals surface area contributed by atoms with Crippen LogP contribution in [0.2, 0.25) is 5.02 Å². The molecule has 0 aromatic heterocycles. The zero-order chi connectivity index (χ0) is 18.4. The van der Waals surface area contributed by atoms with Crippen LogP contribution in [0.15, 0.2) is 42.5 Å². The Kier molecular flexibility index (Phi) is 5.71. The second kappa shape index (κ2) is 7.95. The van der Waals surface area contributed by atoms with Crippen LogP contribution in [0.3, 0.4) is 0 Å². The van der Waals surface area contributed by atoms with Crippen molar-refractivity contribution in [2.45, 2.75) is 0 Å². The Bertz CT molecular complexity index is 902. The third kappa shape index (κ3) is 4.34. The summed E-state index contributed by atoms with van der Waals surface area (Å²) in [4.78, 5) is 22.3. The fourth-order valence-electron chi connectivity index (χ4n) is 1.94. The van der Waals surface area contributed by atoms with Crippen molar-refractivity contribution in [2.75, 3.05) is 7.11 Å². The first-order valence-corrected chi connectivity index (χ1v) is 7.24. The van der Waals surface area contributed by atoms with Gasteiger partial charge in [-0.2, -0.15) is 5.26 Å². The van der Waals surface area contributed by atoms with Crippen molar-refractivity contribution in [1.82, 2.24) is 0 Å². The first-order chi connectivity index (χ1) is 12.0. The highest BCUT2D eigenvalue weighted by atomic mass is 35.5. The molecule has 8 heteroatoms. The fraction of sp³-hybridized carbons (Fsp3) is 0.0588. The molecule has 2 aromatic carbocycles. The third-order valence-electron chi connectivity index (χ3n) is 3.12. The van der Waals surface area contributed by atoms with Gasteiger partial charge in [0.05, 0.1) is 28.7 Å². The van der Waals surface area contributed by atoms with E-state index in [0.29, 0.717) is 5.56 Å². The first kappa shape index (κ1) is 18.0. The van der Waals surface area contributed by atoms with Crippen molar-refractivity contribution < 1.29 is 19.2 Å². The normalized spacial score (nSPS) is 10.3. The van der Waals surface area contributed by atoms with Crippen LogP contribution in [0.5, 0.6) is 11.5 Å². The molecule has 0 aliphatic carbocycles. The van der Waals surface area contributed by atoms with E-state index in [1.807, 2.05) is 6.07 Å². The number of nitro benzene ring substituents is 1. The summed E-state index contributed by atoms with van der Waals surface area (Å²) in [5.41, 5.74) is 0.446. The molecular formula is C17H11ClN2O5. The molecule has 0 radical (unpaired) electrons. The average molecular weight is 359 g/mol. The van der Waals surface area contributed by atoms with Gasteiger partial charge in [0.15, 0.2) is 11.5 Å². The molecule has 126 valence electrons. The Morgan fingerprint density at radius 3 is 2.64 bits per heavy atom. The Morgan fingerprint density at radius 1 is 1.28 bits per heavy atom. The molecule has 0 N–H and O–H groups in total. The van der Waals surface area contributed by atoms with E-state index in [-0.39, 0.29) is 27.8 Å². The smallest absolute Gasteiger partial charge is 0.345 e. The maximum Gasteiger partial charge on any atom is 0.345 e. The van der Waals surface area contributed by atoms with E-state index in [4.69, 9.17) is 26.3 Å². The first-order valence-electron chi connectivity index (χ1n) is 6.86. The largest absolute Gasteiger partial charge is 0.493 e. The zero-order valence-corrected chi connectivity index (χ0v) is 13.7. The molecular weight excluding hydrogens is 348 g/mol. The summed E-state index contributed by atoms with van der Waals surface area (Å²) in [6.07, 6.45) is 2.87. The van der Waals surface area contributed by atoms with E-state index in [0.717, 1.165) is 12.1 Å². The zero-order valence-electron chi connectivity index (χ0n) is 12.9. The number of carbonyl (C=O) groups excluding carboxylic acids is 1. The van der Waals surface area contributed by atoms with Crippen LogP contribution in [0.1, 0.15) is 15.9 Å². The summed E-state index contributed by atoms with van der Waals surface area (Å²) in [6, 6.07) is 10.1. The van der Waals surface area contributed by atoms with Crippen molar-refractivity contribution >= 4 is 29.3 Å². The van der Waals surface area contributed by atoms with E-state index >= 15 is 0 Å².